The quantitative estimate of drug-likeness (QED) is 0.314. The van der Waals surface area contributed by atoms with Crippen molar-refractivity contribution >= 4 is 55.5 Å². The number of aryl methyl sites for hydroxylation is 1. The van der Waals surface area contributed by atoms with Gasteiger partial charge in [0.25, 0.3) is 5.91 Å². The molecule has 0 bridgehead atoms. The highest BCUT2D eigenvalue weighted by molar-refractivity contribution is 9.10. The number of anilines is 1. The van der Waals surface area contributed by atoms with E-state index >= 15 is 0 Å². The summed E-state index contributed by atoms with van der Waals surface area (Å²) in [5.74, 6) is 0.407. The fourth-order valence-corrected chi connectivity index (χ4v) is 5.55. The summed E-state index contributed by atoms with van der Waals surface area (Å²) in [5.41, 5.74) is 2.25. The summed E-state index contributed by atoms with van der Waals surface area (Å²) in [7, 11) is 0. The van der Waals surface area contributed by atoms with Gasteiger partial charge in [-0.3, -0.25) is 10.1 Å². The molecular formula is C23H26BrN3O2S2. The molecule has 1 amide bonds. The predicted molar refractivity (Wildman–Crippen MR) is 133 cm³/mol. The first-order valence-corrected chi connectivity index (χ1v) is 12.6. The molecule has 1 aromatic heterocycles. The smallest absolute Gasteiger partial charge is 0.257 e. The first-order chi connectivity index (χ1) is 15.0. The Morgan fingerprint density at radius 3 is 2.84 bits per heavy atom. The Morgan fingerprint density at radius 1 is 1.29 bits per heavy atom. The third-order valence-corrected chi connectivity index (χ3v) is 7.22. The molecular weight excluding hydrogens is 494 g/mol. The molecule has 0 atom stereocenters. The number of amides is 1. The molecule has 5 nitrogen and oxygen atoms in total. The summed E-state index contributed by atoms with van der Waals surface area (Å²) in [6.07, 6.45) is 8.74. The minimum atomic E-state index is -0.312. The largest absolute Gasteiger partial charge is 0.492 e. The molecule has 0 saturated carbocycles. The lowest BCUT2D eigenvalue weighted by Gasteiger charge is -2.11. The summed E-state index contributed by atoms with van der Waals surface area (Å²) in [4.78, 5) is 13.9. The van der Waals surface area contributed by atoms with Crippen molar-refractivity contribution in [1.29, 1.82) is 5.26 Å². The molecule has 2 N–H and O–H groups in total. The van der Waals surface area contributed by atoms with Crippen molar-refractivity contribution in [3.8, 4) is 11.8 Å². The number of nitrogens with one attached hydrogen (secondary N) is 2. The first-order valence-electron chi connectivity index (χ1n) is 10.6. The summed E-state index contributed by atoms with van der Waals surface area (Å²) >= 11 is 10.4. The Kier molecular flexibility index (Phi) is 8.88. The normalized spacial score (nSPS) is 12.5. The molecule has 0 fully saturated rings. The van der Waals surface area contributed by atoms with Gasteiger partial charge in [-0.15, -0.1) is 11.3 Å². The Bertz CT molecular complexity index is 997. The zero-order valence-corrected chi connectivity index (χ0v) is 20.8. The molecule has 1 heterocycles. The molecule has 3 rings (SSSR count). The van der Waals surface area contributed by atoms with Crippen LogP contribution in [-0.2, 0) is 12.8 Å². The molecule has 8 heteroatoms. The van der Waals surface area contributed by atoms with Gasteiger partial charge in [-0.1, -0.05) is 26.2 Å². The zero-order valence-electron chi connectivity index (χ0n) is 17.6. The topological polar surface area (TPSA) is 74.2 Å². The van der Waals surface area contributed by atoms with E-state index in [1.165, 1.54) is 17.7 Å². The Balaban J connectivity index is 1.58. The highest BCUT2D eigenvalue weighted by atomic mass is 79.9. The third kappa shape index (κ3) is 6.28. The summed E-state index contributed by atoms with van der Waals surface area (Å²) < 4.78 is 6.53. The van der Waals surface area contributed by atoms with Gasteiger partial charge in [0.1, 0.15) is 16.8 Å². The van der Waals surface area contributed by atoms with E-state index in [0.29, 0.717) is 22.7 Å². The van der Waals surface area contributed by atoms with Crippen molar-refractivity contribution in [2.75, 3.05) is 11.9 Å². The fourth-order valence-electron chi connectivity index (χ4n) is 3.55. The highest BCUT2D eigenvalue weighted by Gasteiger charge is 2.21. The van der Waals surface area contributed by atoms with Crippen LogP contribution in [0.3, 0.4) is 0 Å². The van der Waals surface area contributed by atoms with Crippen LogP contribution in [0.25, 0.3) is 0 Å². The summed E-state index contributed by atoms with van der Waals surface area (Å²) in [6.45, 7) is 2.84. The van der Waals surface area contributed by atoms with Crippen molar-refractivity contribution in [1.82, 2.24) is 5.32 Å². The van der Waals surface area contributed by atoms with E-state index < -0.39 is 0 Å². The number of halogens is 1. The van der Waals surface area contributed by atoms with Gasteiger partial charge in [-0.2, -0.15) is 5.26 Å². The van der Waals surface area contributed by atoms with E-state index in [-0.39, 0.29) is 11.0 Å². The number of carbonyl (C=O) groups excluding carboxylic acids is 1. The van der Waals surface area contributed by atoms with Crippen LogP contribution in [0.5, 0.6) is 5.75 Å². The highest BCUT2D eigenvalue weighted by Crippen LogP contribution is 2.37. The van der Waals surface area contributed by atoms with Crippen molar-refractivity contribution in [2.45, 2.75) is 58.3 Å². The molecule has 0 unspecified atom stereocenters. The van der Waals surface area contributed by atoms with Crippen molar-refractivity contribution in [3.63, 3.8) is 0 Å². The van der Waals surface area contributed by atoms with Crippen molar-refractivity contribution in [2.24, 2.45) is 0 Å². The Labute approximate surface area is 201 Å². The van der Waals surface area contributed by atoms with Crippen molar-refractivity contribution in [3.05, 3.63) is 44.2 Å². The number of nitriles is 1. The zero-order chi connectivity index (χ0) is 22.2. The van der Waals surface area contributed by atoms with E-state index in [2.05, 4.69) is 39.6 Å². The van der Waals surface area contributed by atoms with Crippen LogP contribution in [0.4, 0.5) is 5.00 Å². The third-order valence-electron chi connectivity index (χ3n) is 5.19. The van der Waals surface area contributed by atoms with E-state index in [1.807, 2.05) is 0 Å². The standard InChI is InChI=1S/C23H26BrN3O2S2/c1-2-3-4-7-12-29-19-11-10-15(13-18(19)24)21(28)26-23(30)27-22-17(14-25)16-8-5-6-9-20(16)31-22/h10-11,13H,2-9,12H2,1H3,(H2,26,27,28,30). The maximum absolute atomic E-state index is 12.6. The monoisotopic (exact) mass is 519 g/mol. The minimum Gasteiger partial charge on any atom is -0.492 e. The lowest BCUT2D eigenvalue weighted by Crippen LogP contribution is -2.34. The second-order valence-corrected chi connectivity index (χ2v) is 9.86. The van der Waals surface area contributed by atoms with Gasteiger partial charge in [0.2, 0.25) is 0 Å². The summed E-state index contributed by atoms with van der Waals surface area (Å²) in [5, 5.41) is 16.2. The molecule has 164 valence electrons. The number of nitrogens with zero attached hydrogens (tertiary/aromatic N) is 1. The molecule has 1 aromatic carbocycles. The van der Waals surface area contributed by atoms with Gasteiger partial charge in [-0.05, 0) is 84.0 Å². The first kappa shape index (κ1) is 23.7. The van der Waals surface area contributed by atoms with Gasteiger partial charge >= 0.3 is 0 Å². The number of carbonyl (C=O) groups is 1. The van der Waals surface area contributed by atoms with Crippen LogP contribution in [0.15, 0.2) is 22.7 Å². The van der Waals surface area contributed by atoms with Gasteiger partial charge in [-0.25, -0.2) is 0 Å². The number of fused-ring (bicyclic) bond motifs is 1. The van der Waals surface area contributed by atoms with Crippen LogP contribution >= 0.6 is 39.5 Å². The number of ether oxygens (including phenoxy) is 1. The second-order valence-electron chi connectivity index (χ2n) is 7.49. The number of hydrogen-bond donors (Lipinski definition) is 2. The van der Waals surface area contributed by atoms with Crippen LogP contribution in [0.2, 0.25) is 0 Å². The molecule has 1 aliphatic rings. The van der Waals surface area contributed by atoms with E-state index in [0.717, 1.165) is 54.3 Å². The number of thiocarbonyl (C=S) groups is 1. The van der Waals surface area contributed by atoms with Crippen LogP contribution in [0, 0.1) is 11.3 Å². The fraction of sp³-hybridized carbons (Fsp3) is 0.435. The maximum atomic E-state index is 12.6. The SMILES string of the molecule is CCCCCCOc1ccc(C(=O)NC(=S)Nc2sc3c(c2C#N)CCCC3)cc1Br. The molecule has 0 aliphatic heterocycles. The molecule has 31 heavy (non-hydrogen) atoms. The van der Waals surface area contributed by atoms with E-state index in [1.54, 1.807) is 29.5 Å². The van der Waals surface area contributed by atoms with Crippen LogP contribution in [-0.4, -0.2) is 17.6 Å². The molecule has 2 aromatic rings. The minimum absolute atomic E-state index is 0.187. The molecule has 1 aliphatic carbocycles. The average Bonchev–Trinajstić information content (AvgIpc) is 3.11. The second kappa shape index (κ2) is 11.6. The maximum Gasteiger partial charge on any atom is 0.257 e. The van der Waals surface area contributed by atoms with Crippen molar-refractivity contribution < 1.29 is 9.53 Å². The summed E-state index contributed by atoms with van der Waals surface area (Å²) in [6, 6.07) is 7.52. The average molecular weight is 521 g/mol. The van der Waals surface area contributed by atoms with Gasteiger partial charge < -0.3 is 10.1 Å². The van der Waals surface area contributed by atoms with E-state index in [9.17, 15) is 10.1 Å². The molecule has 0 spiro atoms. The lowest BCUT2D eigenvalue weighted by atomic mass is 9.96. The lowest BCUT2D eigenvalue weighted by molar-refractivity contribution is 0.0977. The van der Waals surface area contributed by atoms with Gasteiger partial charge in [0.05, 0.1) is 16.6 Å². The van der Waals surface area contributed by atoms with Crippen LogP contribution in [0.1, 0.15) is 71.8 Å². The number of thiophene rings is 1. The van der Waals surface area contributed by atoms with Gasteiger partial charge in [0.15, 0.2) is 5.11 Å². The molecule has 0 radical (unpaired) electrons. The van der Waals surface area contributed by atoms with E-state index in [4.69, 9.17) is 17.0 Å². The number of unbranched alkanes of at least 4 members (excludes halogenated alkanes) is 3. The Hall–Kier alpha value is -1.95. The molecule has 0 saturated heterocycles. The number of benzene rings is 1. The van der Waals surface area contributed by atoms with Gasteiger partial charge in [0, 0.05) is 10.4 Å². The Morgan fingerprint density at radius 2 is 2.10 bits per heavy atom. The number of rotatable bonds is 8. The van der Waals surface area contributed by atoms with Crippen LogP contribution < -0.4 is 15.4 Å². The number of hydrogen-bond acceptors (Lipinski definition) is 5. The predicted octanol–water partition coefficient (Wildman–Crippen LogP) is 6.35.